The summed E-state index contributed by atoms with van der Waals surface area (Å²) in [6.07, 6.45) is 0.209. The van der Waals surface area contributed by atoms with E-state index in [1.807, 2.05) is 55.5 Å². The summed E-state index contributed by atoms with van der Waals surface area (Å²) in [4.78, 5) is 13.6. The van der Waals surface area contributed by atoms with E-state index in [0.29, 0.717) is 55.3 Å². The Morgan fingerprint density at radius 1 is 1.05 bits per heavy atom. The molecule has 0 aromatic heterocycles. The molecule has 0 spiro atoms. The number of carbonyl (C=O) groups is 1. The third kappa shape index (κ3) is 9.59. The summed E-state index contributed by atoms with van der Waals surface area (Å²) in [6.45, 7) is 3.54. The zero-order valence-electron chi connectivity index (χ0n) is 22.6. The number of carbonyl (C=O) groups excluding carboxylic acids is 1. The molecule has 2 atom stereocenters. The number of aliphatic hydroxyl groups excluding tert-OH is 1. The summed E-state index contributed by atoms with van der Waals surface area (Å²) < 4.78 is 30.2. The van der Waals surface area contributed by atoms with E-state index in [2.05, 4.69) is 42.5 Å². The molecule has 5 N–H and O–H groups in total. The van der Waals surface area contributed by atoms with Gasteiger partial charge in [0.25, 0.3) is 5.91 Å². The first kappa shape index (κ1) is 33.7. The number of nitrogens with one attached hydrogen (secondary N) is 2. The molecule has 1 aliphatic heterocycles. The number of aliphatic hydroxyl groups is 1. The Hall–Kier alpha value is -1.83. The second kappa shape index (κ2) is 15.6. The summed E-state index contributed by atoms with van der Waals surface area (Å²) >= 11 is 7.00. The second-order valence-electron chi connectivity index (χ2n) is 9.69. The average Bonchev–Trinajstić information content (AvgIpc) is 3.27. The minimum Gasteiger partial charge on any atom is -0.494 e. The molecule has 8 nitrogen and oxygen atoms in total. The van der Waals surface area contributed by atoms with Crippen molar-refractivity contribution in [1.82, 2.24) is 10.6 Å². The number of benzene rings is 3. The van der Waals surface area contributed by atoms with Crippen molar-refractivity contribution in [2.45, 2.75) is 38.5 Å². The van der Waals surface area contributed by atoms with E-state index in [0.717, 1.165) is 20.1 Å². The van der Waals surface area contributed by atoms with Gasteiger partial charge < -0.3 is 20.5 Å². The molecular formula is C29H36Br2ClN3O5S. The largest absolute Gasteiger partial charge is 0.494 e. The first-order valence-electron chi connectivity index (χ1n) is 13.1. The Morgan fingerprint density at radius 2 is 1.76 bits per heavy atom. The molecule has 0 saturated carbocycles. The molecular weight excluding hydrogens is 698 g/mol. The summed E-state index contributed by atoms with van der Waals surface area (Å²) in [5.74, 6) is 0.381. The first-order chi connectivity index (χ1) is 19.1. The van der Waals surface area contributed by atoms with Crippen LogP contribution >= 0.6 is 55.0 Å². The van der Waals surface area contributed by atoms with Crippen LogP contribution in [0.25, 0.3) is 0 Å². The van der Waals surface area contributed by atoms with Gasteiger partial charge in [0.1, 0.15) is 5.75 Å². The highest BCUT2D eigenvalue weighted by atomic mass is 79.9. The smallest absolute Gasteiger partial charge is 0.251 e. The minimum atomic E-state index is -2.94. The van der Waals surface area contributed by atoms with Crippen LogP contribution in [0, 0.1) is 0 Å². The second-order valence-corrected chi connectivity index (χ2v) is 13.6. The van der Waals surface area contributed by atoms with Crippen molar-refractivity contribution in [3.05, 3.63) is 92.4 Å². The van der Waals surface area contributed by atoms with Gasteiger partial charge in [0.15, 0.2) is 0 Å². The predicted octanol–water partition coefficient (Wildman–Crippen LogP) is 6.40. The SMILES string of the molecule is CCOc1cc(C(=O)N[C@@H](Cc2ccccc2)[C@@H](O)CNCc2cc(Br)cc(Br)c2)cc(N2CCCS2(O)O)c1.Cl. The fourth-order valence-corrected chi connectivity index (χ4v) is 7.68. The molecule has 3 aromatic rings. The van der Waals surface area contributed by atoms with Crippen molar-refractivity contribution in [3.8, 4) is 5.75 Å². The number of nitrogens with zero attached hydrogens (tertiary/aromatic N) is 1. The van der Waals surface area contributed by atoms with Gasteiger partial charge >= 0.3 is 0 Å². The molecule has 0 aliphatic carbocycles. The van der Waals surface area contributed by atoms with Gasteiger partial charge in [-0.15, -0.1) is 23.2 Å². The Balaban J connectivity index is 0.00000462. The van der Waals surface area contributed by atoms with E-state index in [1.165, 1.54) is 0 Å². The lowest BCUT2D eigenvalue weighted by atomic mass is 10.00. The van der Waals surface area contributed by atoms with E-state index in [1.54, 1.807) is 22.5 Å². The lowest BCUT2D eigenvalue weighted by Gasteiger charge is -2.38. The molecule has 3 aromatic carbocycles. The van der Waals surface area contributed by atoms with Crippen molar-refractivity contribution in [2.24, 2.45) is 0 Å². The van der Waals surface area contributed by atoms with Crippen LogP contribution in [0.3, 0.4) is 0 Å². The van der Waals surface area contributed by atoms with Crippen molar-refractivity contribution < 1.29 is 23.7 Å². The van der Waals surface area contributed by atoms with Crippen LogP contribution in [-0.4, -0.2) is 57.7 Å². The summed E-state index contributed by atoms with van der Waals surface area (Å²) in [5, 5.41) is 17.5. The predicted molar refractivity (Wildman–Crippen MR) is 175 cm³/mol. The van der Waals surface area contributed by atoms with E-state index in [-0.39, 0.29) is 24.9 Å². The highest BCUT2D eigenvalue weighted by Crippen LogP contribution is 2.51. The fourth-order valence-electron chi connectivity index (χ4n) is 4.69. The normalized spacial score (nSPS) is 16.4. The van der Waals surface area contributed by atoms with E-state index in [9.17, 15) is 19.0 Å². The van der Waals surface area contributed by atoms with Crippen LogP contribution in [0.4, 0.5) is 5.69 Å². The first-order valence-corrected chi connectivity index (χ1v) is 16.4. The zero-order valence-corrected chi connectivity index (χ0v) is 27.4. The van der Waals surface area contributed by atoms with E-state index < -0.39 is 22.9 Å². The summed E-state index contributed by atoms with van der Waals surface area (Å²) in [6, 6.07) is 20.1. The molecule has 1 fully saturated rings. The van der Waals surface area contributed by atoms with Gasteiger partial charge in [-0.2, -0.15) is 0 Å². The molecule has 224 valence electrons. The van der Waals surface area contributed by atoms with Crippen LogP contribution in [0.5, 0.6) is 5.75 Å². The van der Waals surface area contributed by atoms with Crippen LogP contribution in [0.1, 0.15) is 34.8 Å². The Kier molecular flexibility index (Phi) is 12.8. The quantitative estimate of drug-likeness (QED) is 0.147. The van der Waals surface area contributed by atoms with Crippen molar-refractivity contribution in [1.29, 1.82) is 0 Å². The number of hydrogen-bond acceptors (Lipinski definition) is 7. The highest BCUT2D eigenvalue weighted by molar-refractivity contribution is 9.11. The molecule has 1 saturated heterocycles. The monoisotopic (exact) mass is 731 g/mol. The van der Waals surface area contributed by atoms with E-state index >= 15 is 0 Å². The average molecular weight is 734 g/mol. The Bertz CT molecular complexity index is 1280. The molecule has 1 aliphatic rings. The van der Waals surface area contributed by atoms with Crippen molar-refractivity contribution in [3.63, 3.8) is 0 Å². The van der Waals surface area contributed by atoms with Gasteiger partial charge in [-0.1, -0.05) is 62.2 Å². The minimum absolute atomic E-state index is 0. The molecule has 0 radical (unpaired) electrons. The molecule has 1 amide bonds. The van der Waals surface area contributed by atoms with Gasteiger partial charge in [-0.3, -0.25) is 18.2 Å². The maximum atomic E-state index is 13.6. The number of ether oxygens (including phenoxy) is 1. The van der Waals surface area contributed by atoms with E-state index in [4.69, 9.17) is 4.74 Å². The van der Waals surface area contributed by atoms with Crippen LogP contribution in [0.15, 0.2) is 75.7 Å². The Morgan fingerprint density at radius 3 is 2.39 bits per heavy atom. The maximum Gasteiger partial charge on any atom is 0.251 e. The third-order valence-electron chi connectivity index (χ3n) is 6.57. The van der Waals surface area contributed by atoms with Crippen LogP contribution < -0.4 is 19.7 Å². The number of anilines is 1. The summed E-state index contributed by atoms with van der Waals surface area (Å²) in [7, 11) is -2.94. The standard InChI is InChI=1S/C29H35Br2N3O5S.ClH/c1-2-39-26-15-22(14-25(17-26)34-9-6-10-40(34,37)38)29(36)33-27(13-20-7-4-3-5-8-20)28(35)19-32-18-21-11-23(30)16-24(31)12-21;/h3-5,7-8,11-12,14-17,27-28,32,35,37-38H,2,6,9-10,13,18-19H2,1H3,(H,33,36);1H/t27-,28-;/m0./s1. The number of hydrogen-bond donors (Lipinski definition) is 5. The van der Waals surface area contributed by atoms with Crippen LogP contribution in [-0.2, 0) is 13.0 Å². The number of amides is 1. The van der Waals surface area contributed by atoms with Gasteiger partial charge in [-0.05, 0) is 61.2 Å². The molecule has 1 heterocycles. The van der Waals surface area contributed by atoms with Gasteiger partial charge in [0, 0.05) is 40.2 Å². The third-order valence-corrected chi connectivity index (χ3v) is 9.42. The molecule has 0 bridgehead atoms. The Labute approximate surface area is 266 Å². The molecule has 41 heavy (non-hydrogen) atoms. The van der Waals surface area contributed by atoms with Crippen molar-refractivity contribution in [2.75, 3.05) is 29.8 Å². The number of halogens is 3. The summed E-state index contributed by atoms with van der Waals surface area (Å²) in [5.41, 5.74) is 2.87. The van der Waals surface area contributed by atoms with Crippen LogP contribution in [0.2, 0.25) is 0 Å². The lowest BCUT2D eigenvalue weighted by molar-refractivity contribution is 0.0829. The fraction of sp³-hybridized carbons (Fsp3) is 0.345. The molecule has 4 rings (SSSR count). The number of rotatable bonds is 12. The topological polar surface area (TPSA) is 114 Å². The zero-order chi connectivity index (χ0) is 28.7. The van der Waals surface area contributed by atoms with Gasteiger partial charge in [0.05, 0.1) is 30.2 Å². The van der Waals surface area contributed by atoms with Gasteiger partial charge in [0.2, 0.25) is 0 Å². The van der Waals surface area contributed by atoms with Crippen molar-refractivity contribution >= 4 is 66.6 Å². The highest BCUT2D eigenvalue weighted by Gasteiger charge is 2.30. The molecule has 12 heteroatoms. The lowest BCUT2D eigenvalue weighted by Crippen LogP contribution is -2.48. The molecule has 0 unspecified atom stereocenters. The van der Waals surface area contributed by atoms with Gasteiger partial charge in [-0.25, -0.2) is 0 Å². The maximum absolute atomic E-state index is 13.6.